The molecular formula is C14H18N6O7S. The second-order valence-corrected chi connectivity index (χ2v) is 5.76. The van der Waals surface area contributed by atoms with Gasteiger partial charge in [0.2, 0.25) is 6.54 Å². The first-order chi connectivity index (χ1) is 13.2. The van der Waals surface area contributed by atoms with Gasteiger partial charge in [-0.25, -0.2) is 9.59 Å². The van der Waals surface area contributed by atoms with Crippen LogP contribution in [0.3, 0.4) is 0 Å². The number of carbonyl (C=O) groups excluding carboxylic acids is 2. The van der Waals surface area contributed by atoms with Crippen LogP contribution in [0, 0.1) is 10.1 Å². The number of nitro groups is 1. The van der Waals surface area contributed by atoms with Crippen LogP contribution >= 0.6 is 12.1 Å². The summed E-state index contributed by atoms with van der Waals surface area (Å²) in [6.07, 6.45) is -1.20. The molecule has 14 heteroatoms. The average Bonchev–Trinajstić information content (AvgIpc) is 2.60. The second-order valence-electron chi connectivity index (χ2n) is 5.19. The summed E-state index contributed by atoms with van der Waals surface area (Å²) in [4.78, 5) is 44.4. The summed E-state index contributed by atoms with van der Waals surface area (Å²) in [6, 6.07) is 4.04. The number of carboxylic acids is 1. The molecule has 1 aromatic rings. The van der Waals surface area contributed by atoms with Gasteiger partial charge in [-0.15, -0.1) is 0 Å². The Balaban J connectivity index is 2.56. The van der Waals surface area contributed by atoms with Crippen LogP contribution in [-0.4, -0.2) is 46.5 Å². The molecule has 0 aromatic heterocycles. The quantitative estimate of drug-likeness (QED) is 0.112. The molecule has 0 spiro atoms. The summed E-state index contributed by atoms with van der Waals surface area (Å²) in [6.45, 7) is -0.411. The molecule has 0 fully saturated rings. The van der Waals surface area contributed by atoms with Crippen LogP contribution in [0.15, 0.2) is 28.7 Å². The van der Waals surface area contributed by atoms with Gasteiger partial charge in [-0.1, -0.05) is 0 Å². The van der Waals surface area contributed by atoms with E-state index in [0.717, 1.165) is 0 Å². The van der Waals surface area contributed by atoms with Crippen molar-refractivity contribution >= 4 is 36.1 Å². The Kier molecular flexibility index (Phi) is 9.02. The first kappa shape index (κ1) is 22.5. The van der Waals surface area contributed by atoms with E-state index in [2.05, 4.69) is 14.4 Å². The van der Waals surface area contributed by atoms with Crippen LogP contribution in [0.5, 0.6) is 5.75 Å². The number of rotatable bonds is 10. The van der Waals surface area contributed by atoms with Gasteiger partial charge in [-0.05, 0) is 30.7 Å². The largest absolute Gasteiger partial charge is 0.480 e. The lowest BCUT2D eigenvalue weighted by Crippen LogP contribution is -2.42. The average molecular weight is 414 g/mol. The standard InChI is InChI=1S/C14H18N6O7S/c15-13(16)19-28-18-11(21)8-3-5-9(6-4-8)27-14(24)17-10(12(22)23)2-1-7-20(25)26/h3-6,10H,1-2,7H2,(H,17,24)(H,18,21)(H,22,23)(H4,15,16,19). The third-order valence-corrected chi connectivity index (χ3v) is 3.62. The van der Waals surface area contributed by atoms with Crippen molar-refractivity contribution in [3.8, 4) is 5.75 Å². The lowest BCUT2D eigenvalue weighted by molar-refractivity contribution is -0.480. The van der Waals surface area contributed by atoms with Crippen LogP contribution in [0.2, 0.25) is 0 Å². The molecule has 1 unspecified atom stereocenters. The topological polar surface area (TPSA) is 212 Å². The first-order valence-electron chi connectivity index (χ1n) is 7.67. The van der Waals surface area contributed by atoms with Gasteiger partial charge in [-0.2, -0.15) is 4.40 Å². The number of ether oxygens (including phenoxy) is 1. The highest BCUT2D eigenvalue weighted by Gasteiger charge is 2.21. The second kappa shape index (κ2) is 11.2. The molecule has 0 saturated heterocycles. The smallest absolute Gasteiger partial charge is 0.413 e. The van der Waals surface area contributed by atoms with E-state index in [1.165, 1.54) is 24.3 Å². The number of nitrogens with one attached hydrogen (secondary N) is 2. The van der Waals surface area contributed by atoms with Crippen LogP contribution in [-0.2, 0) is 4.79 Å². The number of hydrogen-bond acceptors (Lipinski definition) is 8. The fourth-order valence-electron chi connectivity index (χ4n) is 1.81. The van der Waals surface area contributed by atoms with Crippen LogP contribution in [0.1, 0.15) is 23.2 Å². The zero-order valence-corrected chi connectivity index (χ0v) is 15.2. The van der Waals surface area contributed by atoms with Gasteiger partial charge in [0.15, 0.2) is 5.96 Å². The molecule has 0 heterocycles. The molecule has 1 rings (SSSR count). The highest BCUT2D eigenvalue weighted by atomic mass is 32.2. The molecule has 0 aliphatic heterocycles. The van der Waals surface area contributed by atoms with Crippen molar-refractivity contribution in [2.45, 2.75) is 18.9 Å². The number of carboxylic acid groups (broad SMARTS) is 1. The number of carbonyl (C=O) groups is 3. The number of hydrogen-bond donors (Lipinski definition) is 5. The van der Waals surface area contributed by atoms with E-state index >= 15 is 0 Å². The van der Waals surface area contributed by atoms with Crippen LogP contribution in [0.25, 0.3) is 0 Å². The van der Waals surface area contributed by atoms with Gasteiger partial charge < -0.3 is 26.6 Å². The van der Waals surface area contributed by atoms with E-state index in [1.54, 1.807) is 0 Å². The lowest BCUT2D eigenvalue weighted by Gasteiger charge is -2.13. The highest BCUT2D eigenvalue weighted by Crippen LogP contribution is 2.13. The number of nitrogens with zero attached hydrogens (tertiary/aromatic N) is 2. The summed E-state index contributed by atoms with van der Waals surface area (Å²) in [7, 11) is 0. The molecule has 0 radical (unpaired) electrons. The van der Waals surface area contributed by atoms with E-state index < -0.39 is 35.5 Å². The lowest BCUT2D eigenvalue weighted by atomic mass is 10.1. The van der Waals surface area contributed by atoms with Crippen LogP contribution in [0.4, 0.5) is 4.79 Å². The van der Waals surface area contributed by atoms with Crippen molar-refractivity contribution in [2.75, 3.05) is 6.54 Å². The molecule has 0 aliphatic rings. The van der Waals surface area contributed by atoms with Gasteiger partial charge in [-0.3, -0.25) is 19.6 Å². The monoisotopic (exact) mass is 414 g/mol. The number of guanidine groups is 1. The van der Waals surface area contributed by atoms with Crippen LogP contribution < -0.4 is 26.2 Å². The minimum atomic E-state index is -1.34. The van der Waals surface area contributed by atoms with Crippen molar-refractivity contribution in [2.24, 2.45) is 15.9 Å². The van der Waals surface area contributed by atoms with Gasteiger partial charge in [0, 0.05) is 16.9 Å². The maximum Gasteiger partial charge on any atom is 0.413 e. The molecule has 28 heavy (non-hydrogen) atoms. The van der Waals surface area contributed by atoms with E-state index in [9.17, 15) is 24.5 Å². The molecule has 7 N–H and O–H groups in total. The molecule has 0 saturated carbocycles. The third kappa shape index (κ3) is 8.70. The number of benzene rings is 1. The molecule has 0 bridgehead atoms. The Hall–Kier alpha value is -3.55. The molecule has 1 aromatic carbocycles. The molecule has 152 valence electrons. The Labute approximate surface area is 162 Å². The number of nitrogens with two attached hydrogens (primary N) is 2. The molecule has 0 aliphatic carbocycles. The SMILES string of the molecule is NC(N)=NSNC(=O)c1ccc(OC(=O)NC(CCC[N+](=O)[O-])C(=O)O)cc1. The maximum absolute atomic E-state index is 11.8. The fourth-order valence-corrected chi connectivity index (χ4v) is 2.16. The van der Waals surface area contributed by atoms with E-state index in [-0.39, 0.29) is 30.1 Å². The van der Waals surface area contributed by atoms with Crippen molar-refractivity contribution in [3.63, 3.8) is 0 Å². The summed E-state index contributed by atoms with van der Waals surface area (Å²) < 4.78 is 10.8. The van der Waals surface area contributed by atoms with E-state index in [4.69, 9.17) is 21.3 Å². The van der Waals surface area contributed by atoms with Crippen molar-refractivity contribution < 1.29 is 29.2 Å². The maximum atomic E-state index is 11.8. The Morgan fingerprint density at radius 2 is 1.93 bits per heavy atom. The Morgan fingerprint density at radius 1 is 1.29 bits per heavy atom. The number of amides is 2. The molecular weight excluding hydrogens is 396 g/mol. The Bertz CT molecular complexity index is 751. The summed E-state index contributed by atoms with van der Waals surface area (Å²) >= 11 is 0.642. The Morgan fingerprint density at radius 3 is 2.46 bits per heavy atom. The molecule has 13 nitrogen and oxygen atoms in total. The molecule has 2 amide bonds. The molecule has 1 atom stereocenters. The zero-order chi connectivity index (χ0) is 21.1. The summed E-state index contributed by atoms with van der Waals surface area (Å²) in [5.41, 5.74) is 10.5. The number of aliphatic carboxylic acids is 1. The van der Waals surface area contributed by atoms with Crippen molar-refractivity contribution in [1.82, 2.24) is 10.0 Å². The van der Waals surface area contributed by atoms with Gasteiger partial charge in [0.05, 0.1) is 12.1 Å². The minimum Gasteiger partial charge on any atom is -0.480 e. The van der Waals surface area contributed by atoms with Gasteiger partial charge in [0.1, 0.15) is 11.8 Å². The first-order valence-corrected chi connectivity index (χ1v) is 8.44. The van der Waals surface area contributed by atoms with Gasteiger partial charge >= 0.3 is 12.1 Å². The predicted octanol–water partition coefficient (Wildman–Crippen LogP) is -0.148. The van der Waals surface area contributed by atoms with E-state index in [1.807, 2.05) is 0 Å². The van der Waals surface area contributed by atoms with E-state index in [0.29, 0.717) is 12.1 Å². The fraction of sp³-hybridized carbons (Fsp3) is 0.286. The predicted molar refractivity (Wildman–Crippen MR) is 99.0 cm³/mol. The van der Waals surface area contributed by atoms with Crippen molar-refractivity contribution in [1.29, 1.82) is 0 Å². The van der Waals surface area contributed by atoms with Gasteiger partial charge in [0.25, 0.3) is 5.91 Å². The third-order valence-electron chi connectivity index (χ3n) is 3.04. The highest BCUT2D eigenvalue weighted by molar-refractivity contribution is 7.96. The van der Waals surface area contributed by atoms with Crippen molar-refractivity contribution in [3.05, 3.63) is 39.9 Å². The summed E-state index contributed by atoms with van der Waals surface area (Å²) in [5, 5.41) is 21.4. The minimum absolute atomic E-state index is 0.0219. The normalized spacial score (nSPS) is 11.0. The zero-order valence-electron chi connectivity index (χ0n) is 14.4. The summed E-state index contributed by atoms with van der Waals surface area (Å²) in [5.74, 6) is -1.99.